The Balaban J connectivity index is 1.56. The molecule has 14 heteroatoms. The summed E-state index contributed by atoms with van der Waals surface area (Å²) in [6.45, 7) is 1.84. The van der Waals surface area contributed by atoms with Gasteiger partial charge in [0.25, 0.3) is 0 Å². The number of amides is 1. The van der Waals surface area contributed by atoms with Gasteiger partial charge in [0.05, 0.1) is 23.7 Å². The van der Waals surface area contributed by atoms with Gasteiger partial charge in [0.1, 0.15) is 0 Å². The Morgan fingerprint density at radius 1 is 0.932 bits per heavy atom. The lowest BCUT2D eigenvalue weighted by Gasteiger charge is -2.33. The fraction of sp³-hybridized carbons (Fsp3) is 0.467. The first-order chi connectivity index (χ1) is 20.8. The Morgan fingerprint density at radius 3 is 2.18 bits per heavy atom. The molecule has 0 radical (unpaired) electrons. The van der Waals surface area contributed by atoms with Gasteiger partial charge in [-0.1, -0.05) is 23.9 Å². The molecule has 0 aromatic heterocycles. The SMILES string of the molecule is O=C(O)C1CCC(Nc2cccc(Sc3ccc(C=CC(=O)N4CCN(CCO)CC4)c(C(F)(F)F)c3C(F)(F)F)c2)CC1. The van der Waals surface area contributed by atoms with E-state index in [0.29, 0.717) is 62.8 Å². The number of halogens is 6. The molecule has 0 spiro atoms. The van der Waals surface area contributed by atoms with Gasteiger partial charge in [-0.2, -0.15) is 26.3 Å². The van der Waals surface area contributed by atoms with Crippen LogP contribution in [0.25, 0.3) is 6.08 Å². The predicted molar refractivity (Wildman–Crippen MR) is 153 cm³/mol. The first-order valence-corrected chi connectivity index (χ1v) is 15.0. The van der Waals surface area contributed by atoms with E-state index in [4.69, 9.17) is 5.11 Å². The number of carbonyl (C=O) groups is 2. The van der Waals surface area contributed by atoms with Gasteiger partial charge in [-0.05, 0) is 61.6 Å². The van der Waals surface area contributed by atoms with Crippen molar-refractivity contribution in [2.45, 2.75) is 53.9 Å². The summed E-state index contributed by atoms with van der Waals surface area (Å²) in [4.78, 5) is 26.8. The number of hydrogen-bond donors (Lipinski definition) is 3. The number of carboxylic acids is 1. The van der Waals surface area contributed by atoms with Gasteiger partial charge >= 0.3 is 18.3 Å². The molecule has 1 saturated heterocycles. The van der Waals surface area contributed by atoms with E-state index < -0.39 is 51.7 Å². The molecular weight excluding hydrogens is 612 g/mol. The van der Waals surface area contributed by atoms with Gasteiger partial charge < -0.3 is 20.4 Å². The van der Waals surface area contributed by atoms with Crippen LogP contribution in [0.5, 0.6) is 0 Å². The van der Waals surface area contributed by atoms with Crippen molar-refractivity contribution < 1.29 is 46.1 Å². The minimum Gasteiger partial charge on any atom is -0.481 e. The summed E-state index contributed by atoms with van der Waals surface area (Å²) in [7, 11) is 0. The van der Waals surface area contributed by atoms with Crippen molar-refractivity contribution in [3.05, 3.63) is 59.2 Å². The standard InChI is InChI=1S/C30H33F6N3O4S/c31-29(32,33)26-19(7-11-25(41)39-14-12-38(13-15-39)16-17-40)6-10-24(27(26)30(34,35)36)44-23-3-1-2-22(18-23)37-21-8-4-20(5-9-21)28(42)43/h1-3,6-7,10-11,18,20-21,37,40H,4-5,8-9,12-17H2,(H,42,43). The Morgan fingerprint density at radius 2 is 1.59 bits per heavy atom. The van der Waals surface area contributed by atoms with Crippen LogP contribution in [0, 0.1) is 5.92 Å². The number of nitrogens with zero attached hydrogens (tertiary/aromatic N) is 2. The molecule has 0 bridgehead atoms. The van der Waals surface area contributed by atoms with Gasteiger partial charge in [0, 0.05) is 60.3 Å². The Hall–Kier alpha value is -3.23. The maximum Gasteiger partial charge on any atom is 0.418 e. The number of carbonyl (C=O) groups excluding carboxylic acids is 1. The van der Waals surface area contributed by atoms with Crippen LogP contribution in [0.4, 0.5) is 32.0 Å². The number of hydrogen-bond acceptors (Lipinski definition) is 6. The topological polar surface area (TPSA) is 93.1 Å². The third-order valence-electron chi connectivity index (χ3n) is 7.78. The van der Waals surface area contributed by atoms with Crippen LogP contribution >= 0.6 is 11.8 Å². The van der Waals surface area contributed by atoms with E-state index in [1.54, 1.807) is 18.2 Å². The summed E-state index contributed by atoms with van der Waals surface area (Å²) in [6.07, 6.45) is -6.90. The first kappa shape index (κ1) is 33.7. The molecule has 2 fully saturated rings. The number of anilines is 1. The van der Waals surface area contributed by atoms with Crippen LogP contribution in [-0.4, -0.2) is 77.3 Å². The number of benzene rings is 2. The fourth-order valence-electron chi connectivity index (χ4n) is 5.51. The van der Waals surface area contributed by atoms with Gasteiger partial charge in [-0.3, -0.25) is 14.5 Å². The van der Waals surface area contributed by atoms with E-state index in [1.165, 1.54) is 11.0 Å². The quantitative estimate of drug-likeness (QED) is 0.225. The molecule has 0 unspecified atom stereocenters. The van der Waals surface area contributed by atoms with E-state index in [0.717, 1.165) is 24.3 Å². The van der Waals surface area contributed by atoms with Crippen LogP contribution in [0.3, 0.4) is 0 Å². The zero-order chi connectivity index (χ0) is 32.1. The number of β-amino-alcohol motifs (C(OH)–C–C–N with tert-alkyl or cyclic N) is 1. The molecular formula is C30H33F6N3O4S. The number of aliphatic carboxylic acids is 1. The summed E-state index contributed by atoms with van der Waals surface area (Å²) in [6, 6.07) is 8.20. The molecule has 2 aromatic carbocycles. The minimum absolute atomic E-state index is 0.0355. The Labute approximate surface area is 254 Å². The molecule has 4 rings (SSSR count). The molecule has 1 heterocycles. The minimum atomic E-state index is -5.36. The largest absolute Gasteiger partial charge is 0.481 e. The average molecular weight is 646 g/mol. The molecule has 1 saturated carbocycles. The molecule has 2 aliphatic rings. The van der Waals surface area contributed by atoms with E-state index in [2.05, 4.69) is 5.32 Å². The van der Waals surface area contributed by atoms with Crippen molar-refractivity contribution in [2.24, 2.45) is 5.92 Å². The second-order valence-corrected chi connectivity index (χ2v) is 11.9. The van der Waals surface area contributed by atoms with Gasteiger partial charge in [0.15, 0.2) is 0 Å². The van der Waals surface area contributed by atoms with Gasteiger partial charge in [-0.15, -0.1) is 0 Å². The zero-order valence-corrected chi connectivity index (χ0v) is 24.4. The second-order valence-electron chi connectivity index (χ2n) is 10.8. The van der Waals surface area contributed by atoms with Crippen LogP contribution in [0.15, 0.2) is 52.3 Å². The molecule has 3 N–H and O–H groups in total. The van der Waals surface area contributed by atoms with Crippen molar-refractivity contribution in [3.63, 3.8) is 0 Å². The monoisotopic (exact) mass is 645 g/mol. The predicted octanol–water partition coefficient (Wildman–Crippen LogP) is 6.08. The van der Waals surface area contributed by atoms with E-state index >= 15 is 0 Å². The number of rotatable bonds is 9. The lowest BCUT2D eigenvalue weighted by atomic mass is 9.86. The van der Waals surface area contributed by atoms with Crippen LogP contribution in [0.2, 0.25) is 0 Å². The Kier molecular flexibility index (Phi) is 10.9. The fourth-order valence-corrected chi connectivity index (χ4v) is 6.55. The normalized spacial score (nSPS) is 20.2. The van der Waals surface area contributed by atoms with Gasteiger partial charge in [0.2, 0.25) is 5.91 Å². The number of piperazine rings is 1. The third-order valence-corrected chi connectivity index (χ3v) is 8.83. The summed E-state index contributed by atoms with van der Waals surface area (Å²) < 4.78 is 85.6. The van der Waals surface area contributed by atoms with Crippen molar-refractivity contribution in [1.29, 1.82) is 0 Å². The van der Waals surface area contributed by atoms with Crippen molar-refractivity contribution in [3.8, 4) is 0 Å². The molecule has 1 amide bonds. The van der Waals surface area contributed by atoms with Crippen molar-refractivity contribution in [2.75, 3.05) is 44.6 Å². The molecule has 2 aromatic rings. The highest BCUT2D eigenvalue weighted by Crippen LogP contribution is 2.48. The highest BCUT2D eigenvalue weighted by molar-refractivity contribution is 7.99. The van der Waals surface area contributed by atoms with Gasteiger partial charge in [-0.25, -0.2) is 0 Å². The third kappa shape index (κ3) is 8.69. The lowest BCUT2D eigenvalue weighted by molar-refractivity contribution is -0.163. The van der Waals surface area contributed by atoms with Crippen LogP contribution < -0.4 is 5.32 Å². The molecule has 1 aliphatic carbocycles. The number of aliphatic hydroxyl groups excluding tert-OH is 1. The van der Waals surface area contributed by atoms with Crippen LogP contribution in [0.1, 0.15) is 42.4 Å². The highest BCUT2D eigenvalue weighted by atomic mass is 32.2. The summed E-state index contributed by atoms with van der Waals surface area (Å²) in [5.74, 6) is -1.88. The molecule has 44 heavy (non-hydrogen) atoms. The second kappa shape index (κ2) is 14.2. The maximum absolute atomic E-state index is 14.3. The average Bonchev–Trinajstić information content (AvgIpc) is 2.96. The van der Waals surface area contributed by atoms with Crippen LogP contribution in [-0.2, 0) is 21.9 Å². The zero-order valence-electron chi connectivity index (χ0n) is 23.6. The highest BCUT2D eigenvalue weighted by Gasteiger charge is 2.46. The van der Waals surface area contributed by atoms with E-state index in [-0.39, 0.29) is 30.6 Å². The Bertz CT molecular complexity index is 1350. The maximum atomic E-state index is 14.3. The number of nitrogens with one attached hydrogen (secondary N) is 1. The lowest BCUT2D eigenvalue weighted by Crippen LogP contribution is -2.48. The number of alkyl halides is 6. The molecule has 7 nitrogen and oxygen atoms in total. The number of aliphatic hydroxyl groups is 1. The summed E-state index contributed by atoms with van der Waals surface area (Å²) in [5, 5.41) is 21.5. The van der Waals surface area contributed by atoms with Crippen molar-refractivity contribution in [1.82, 2.24) is 9.80 Å². The summed E-state index contributed by atoms with van der Waals surface area (Å²) >= 11 is 0.552. The molecule has 1 aliphatic heterocycles. The van der Waals surface area contributed by atoms with Crippen molar-refractivity contribution >= 4 is 35.4 Å². The molecule has 0 atom stereocenters. The first-order valence-electron chi connectivity index (χ1n) is 14.1. The molecule has 240 valence electrons. The summed E-state index contributed by atoms with van der Waals surface area (Å²) in [5.41, 5.74) is -3.90. The van der Waals surface area contributed by atoms with E-state index in [1.807, 2.05) is 4.90 Å². The smallest absolute Gasteiger partial charge is 0.418 e. The van der Waals surface area contributed by atoms with E-state index in [9.17, 15) is 41.0 Å². The number of carboxylic acid groups (broad SMARTS) is 1.